The average molecular weight is 491 g/mol. The van der Waals surface area contributed by atoms with E-state index in [1.54, 1.807) is 35.4 Å². The van der Waals surface area contributed by atoms with Crippen molar-refractivity contribution >= 4 is 39.8 Å². The molecule has 5 N–H and O–H groups in total. The van der Waals surface area contributed by atoms with Crippen LogP contribution in [0.3, 0.4) is 0 Å². The van der Waals surface area contributed by atoms with Crippen LogP contribution in [0.25, 0.3) is 10.9 Å². The minimum absolute atomic E-state index is 0.0632. The van der Waals surface area contributed by atoms with Gasteiger partial charge in [0.1, 0.15) is 12.6 Å². The van der Waals surface area contributed by atoms with Crippen molar-refractivity contribution in [3.63, 3.8) is 0 Å². The number of para-hydroxylation sites is 1. The van der Waals surface area contributed by atoms with Crippen LogP contribution in [0.5, 0.6) is 11.5 Å². The number of aromatic nitrogens is 3. The van der Waals surface area contributed by atoms with E-state index in [0.29, 0.717) is 22.7 Å². The molecular formula is C25H26N6O5. The number of carbonyl (C=O) groups is 2. The first-order valence-electron chi connectivity index (χ1n) is 11.2. The number of hydrogen-bond acceptors (Lipinski definition) is 8. The number of hydrogen-bond donors (Lipinski definition) is 4. The smallest absolute Gasteiger partial charge is 0.320 e. The summed E-state index contributed by atoms with van der Waals surface area (Å²) in [5, 5.41) is 20.1. The highest BCUT2D eigenvalue weighted by atomic mass is 16.5. The maximum Gasteiger partial charge on any atom is 0.320 e. The van der Waals surface area contributed by atoms with E-state index >= 15 is 0 Å². The Morgan fingerprint density at radius 1 is 1.14 bits per heavy atom. The SMILES string of the molecule is COc1cc2c(Nc3cnn(CC(=O)Nc4ccccc4)c3)ccnc2cc1OCCC(N)C(=O)O. The summed E-state index contributed by atoms with van der Waals surface area (Å²) < 4.78 is 12.7. The molecule has 0 saturated carbocycles. The average Bonchev–Trinajstić information content (AvgIpc) is 3.30. The first kappa shape index (κ1) is 24.5. The van der Waals surface area contributed by atoms with Crippen molar-refractivity contribution in [3.05, 3.63) is 67.1 Å². The van der Waals surface area contributed by atoms with Gasteiger partial charge in [0.05, 0.1) is 31.1 Å². The molecule has 0 saturated heterocycles. The standard InChI is InChI=1S/C25H26N6O5/c1-35-22-11-18-20(7-9-27-21(18)12-23(22)36-10-8-19(26)25(33)34)29-17-13-28-31(14-17)15-24(32)30-16-5-3-2-4-6-16/h2-7,9,11-14,19H,8,10,15,26H2,1H3,(H,27,29)(H,30,32)(H,33,34). The lowest BCUT2D eigenvalue weighted by Crippen LogP contribution is -2.31. The van der Waals surface area contributed by atoms with Crippen LogP contribution in [0.4, 0.5) is 17.1 Å². The molecule has 2 heterocycles. The van der Waals surface area contributed by atoms with Gasteiger partial charge in [0.2, 0.25) is 5.91 Å². The number of pyridine rings is 1. The van der Waals surface area contributed by atoms with Crippen molar-refractivity contribution in [2.24, 2.45) is 5.73 Å². The molecule has 4 rings (SSSR count). The molecule has 0 aliphatic heterocycles. The molecule has 1 atom stereocenters. The molecule has 11 heteroatoms. The van der Waals surface area contributed by atoms with E-state index in [1.165, 1.54) is 7.11 Å². The topological polar surface area (TPSA) is 154 Å². The molecule has 36 heavy (non-hydrogen) atoms. The second-order valence-electron chi connectivity index (χ2n) is 7.93. The molecule has 0 fully saturated rings. The van der Waals surface area contributed by atoms with Crippen LogP contribution in [0.2, 0.25) is 0 Å². The summed E-state index contributed by atoms with van der Waals surface area (Å²) in [5.41, 5.74) is 8.35. The minimum atomic E-state index is -1.08. The number of anilines is 3. The van der Waals surface area contributed by atoms with Crippen molar-refractivity contribution in [1.82, 2.24) is 14.8 Å². The molecule has 0 aliphatic carbocycles. The van der Waals surface area contributed by atoms with Crippen molar-refractivity contribution in [2.45, 2.75) is 19.0 Å². The summed E-state index contributed by atoms with van der Waals surface area (Å²) in [5.74, 6) is -0.367. The molecule has 2 aromatic carbocycles. The summed E-state index contributed by atoms with van der Waals surface area (Å²) in [4.78, 5) is 27.6. The maximum atomic E-state index is 12.3. The number of rotatable bonds is 11. The van der Waals surface area contributed by atoms with Gasteiger partial charge in [-0.05, 0) is 24.3 Å². The monoisotopic (exact) mass is 490 g/mol. The third-order valence-electron chi connectivity index (χ3n) is 5.31. The van der Waals surface area contributed by atoms with E-state index in [1.807, 2.05) is 36.4 Å². The quantitative estimate of drug-likeness (QED) is 0.248. The Hall–Kier alpha value is -4.64. The highest BCUT2D eigenvalue weighted by molar-refractivity contribution is 5.95. The van der Waals surface area contributed by atoms with E-state index in [9.17, 15) is 9.59 Å². The highest BCUT2D eigenvalue weighted by Crippen LogP contribution is 2.35. The van der Waals surface area contributed by atoms with E-state index in [2.05, 4.69) is 20.7 Å². The summed E-state index contributed by atoms with van der Waals surface area (Å²) >= 11 is 0. The Morgan fingerprint density at radius 3 is 2.69 bits per heavy atom. The highest BCUT2D eigenvalue weighted by Gasteiger charge is 2.15. The van der Waals surface area contributed by atoms with Gasteiger partial charge in [-0.1, -0.05) is 18.2 Å². The maximum absolute atomic E-state index is 12.3. The van der Waals surface area contributed by atoms with Crippen molar-refractivity contribution in [2.75, 3.05) is 24.4 Å². The van der Waals surface area contributed by atoms with Gasteiger partial charge in [0.15, 0.2) is 11.5 Å². The Kier molecular flexibility index (Phi) is 7.61. The fraction of sp³-hybridized carbons (Fsp3) is 0.200. The fourth-order valence-electron chi connectivity index (χ4n) is 3.49. The fourth-order valence-corrected chi connectivity index (χ4v) is 3.49. The van der Waals surface area contributed by atoms with Crippen molar-refractivity contribution in [1.29, 1.82) is 0 Å². The number of methoxy groups -OCH3 is 1. The predicted octanol–water partition coefficient (Wildman–Crippen LogP) is 3.00. The third kappa shape index (κ3) is 6.07. The summed E-state index contributed by atoms with van der Waals surface area (Å²) in [6.45, 7) is 0.179. The van der Waals surface area contributed by atoms with E-state index in [4.69, 9.17) is 20.3 Å². The zero-order chi connectivity index (χ0) is 25.5. The van der Waals surface area contributed by atoms with Gasteiger partial charge in [0.25, 0.3) is 0 Å². The van der Waals surface area contributed by atoms with E-state index < -0.39 is 12.0 Å². The number of benzene rings is 2. The Balaban J connectivity index is 1.46. The molecule has 11 nitrogen and oxygen atoms in total. The van der Waals surface area contributed by atoms with Gasteiger partial charge in [0, 0.05) is 41.6 Å². The van der Waals surface area contributed by atoms with E-state index in [-0.39, 0.29) is 25.5 Å². The van der Waals surface area contributed by atoms with Crippen LogP contribution < -0.4 is 25.8 Å². The van der Waals surface area contributed by atoms with Crippen LogP contribution in [0.1, 0.15) is 6.42 Å². The van der Waals surface area contributed by atoms with Gasteiger partial charge in [-0.15, -0.1) is 0 Å². The number of carboxylic acid groups (broad SMARTS) is 1. The number of aliphatic carboxylic acids is 1. The largest absolute Gasteiger partial charge is 0.493 e. The normalized spacial score (nSPS) is 11.6. The number of nitrogens with one attached hydrogen (secondary N) is 2. The predicted molar refractivity (Wildman–Crippen MR) is 135 cm³/mol. The third-order valence-corrected chi connectivity index (χ3v) is 5.31. The van der Waals surface area contributed by atoms with Crippen molar-refractivity contribution in [3.8, 4) is 11.5 Å². The number of nitrogens with zero attached hydrogens (tertiary/aromatic N) is 3. The van der Waals surface area contributed by atoms with Crippen LogP contribution in [0.15, 0.2) is 67.1 Å². The number of carbonyl (C=O) groups excluding carboxylic acids is 1. The van der Waals surface area contributed by atoms with Gasteiger partial charge >= 0.3 is 5.97 Å². The summed E-state index contributed by atoms with van der Waals surface area (Å²) in [6.07, 6.45) is 5.16. The van der Waals surface area contributed by atoms with Gasteiger partial charge in [-0.3, -0.25) is 19.3 Å². The molecule has 1 amide bonds. The summed E-state index contributed by atoms with van der Waals surface area (Å²) in [7, 11) is 1.52. The lowest BCUT2D eigenvalue weighted by Gasteiger charge is -2.14. The van der Waals surface area contributed by atoms with Gasteiger partial charge in [-0.25, -0.2) is 0 Å². The number of amides is 1. The van der Waals surface area contributed by atoms with Crippen LogP contribution in [0, 0.1) is 0 Å². The molecule has 0 aliphatic rings. The van der Waals surface area contributed by atoms with Gasteiger partial charge < -0.3 is 30.9 Å². The zero-order valence-electron chi connectivity index (χ0n) is 19.5. The summed E-state index contributed by atoms with van der Waals surface area (Å²) in [6, 6.07) is 13.5. The molecule has 0 bridgehead atoms. The molecule has 2 aromatic heterocycles. The van der Waals surface area contributed by atoms with Crippen LogP contribution in [-0.2, 0) is 16.1 Å². The number of nitrogens with two attached hydrogens (primary N) is 1. The molecule has 4 aromatic rings. The molecule has 0 spiro atoms. The van der Waals surface area contributed by atoms with Crippen molar-refractivity contribution < 1.29 is 24.2 Å². The van der Waals surface area contributed by atoms with Crippen LogP contribution in [-0.4, -0.2) is 51.5 Å². The first-order chi connectivity index (χ1) is 17.4. The zero-order valence-corrected chi connectivity index (χ0v) is 19.5. The number of fused-ring (bicyclic) bond motifs is 1. The Labute approximate surface area is 206 Å². The minimum Gasteiger partial charge on any atom is -0.493 e. The molecular weight excluding hydrogens is 464 g/mol. The second kappa shape index (κ2) is 11.2. The molecule has 1 unspecified atom stereocenters. The molecule has 0 radical (unpaired) electrons. The molecule has 186 valence electrons. The number of ether oxygens (including phenoxy) is 2. The lowest BCUT2D eigenvalue weighted by atomic mass is 10.1. The van der Waals surface area contributed by atoms with Crippen LogP contribution >= 0.6 is 0 Å². The Bertz CT molecular complexity index is 1360. The second-order valence-corrected chi connectivity index (χ2v) is 7.93. The van der Waals surface area contributed by atoms with Gasteiger partial charge in [-0.2, -0.15) is 5.10 Å². The Morgan fingerprint density at radius 2 is 1.94 bits per heavy atom. The lowest BCUT2D eigenvalue weighted by molar-refractivity contribution is -0.138. The number of carboxylic acids is 1. The first-order valence-corrected chi connectivity index (χ1v) is 11.2. The van der Waals surface area contributed by atoms with E-state index in [0.717, 1.165) is 16.8 Å².